The van der Waals surface area contributed by atoms with Crippen molar-refractivity contribution in [2.75, 3.05) is 5.32 Å². The summed E-state index contributed by atoms with van der Waals surface area (Å²) in [4.78, 5) is 24.3. The predicted molar refractivity (Wildman–Crippen MR) is 96.9 cm³/mol. The van der Waals surface area contributed by atoms with Crippen molar-refractivity contribution >= 4 is 17.3 Å². The number of fused-ring (bicyclic) bond motifs is 1. The van der Waals surface area contributed by atoms with E-state index in [1.165, 1.54) is 6.07 Å². The molecule has 2 aromatic rings. The number of nitro groups is 1. The smallest absolute Gasteiger partial charge is 0.273 e. The lowest BCUT2D eigenvalue weighted by molar-refractivity contribution is -0.385. The number of allylic oxidation sites excluding steroid dienone is 2. The molecular weight excluding hydrogens is 332 g/mol. The normalized spacial score (nSPS) is 21.0. The summed E-state index contributed by atoms with van der Waals surface area (Å²) in [6.07, 6.45) is 1.13. The zero-order chi connectivity index (χ0) is 18.6. The lowest BCUT2D eigenvalue weighted by Gasteiger charge is -2.38. The molecule has 1 aromatic carbocycles. The highest BCUT2D eigenvalue weighted by molar-refractivity contribution is 6.01. The first-order chi connectivity index (χ1) is 12.3. The number of para-hydroxylation sites is 1. The minimum absolute atomic E-state index is 0.0235. The van der Waals surface area contributed by atoms with Crippen LogP contribution in [0.25, 0.3) is 0 Å². The molecule has 0 amide bonds. The number of carbonyl (C=O) groups excluding carboxylic acids is 1. The molecule has 1 aliphatic heterocycles. The molecule has 7 heteroatoms. The Morgan fingerprint density at radius 3 is 2.73 bits per heavy atom. The van der Waals surface area contributed by atoms with Crippen LogP contribution in [-0.2, 0) is 4.79 Å². The Hall–Kier alpha value is -2.96. The zero-order valence-corrected chi connectivity index (χ0v) is 14.9. The second kappa shape index (κ2) is 5.52. The van der Waals surface area contributed by atoms with E-state index >= 15 is 0 Å². The average molecular weight is 352 g/mol. The van der Waals surface area contributed by atoms with Gasteiger partial charge in [-0.1, -0.05) is 32.0 Å². The number of aromatic amines is 1. The van der Waals surface area contributed by atoms with E-state index in [0.717, 1.165) is 17.0 Å². The summed E-state index contributed by atoms with van der Waals surface area (Å²) in [5, 5.41) is 22.2. The summed E-state index contributed by atoms with van der Waals surface area (Å²) >= 11 is 0. The molecule has 2 heterocycles. The van der Waals surface area contributed by atoms with Crippen LogP contribution in [0.2, 0.25) is 0 Å². The molecule has 0 radical (unpaired) electrons. The first kappa shape index (κ1) is 16.5. The Bertz CT molecular complexity index is 971. The van der Waals surface area contributed by atoms with Crippen LogP contribution < -0.4 is 5.32 Å². The number of nitrogens with one attached hydrogen (secondary N) is 2. The second-order valence-corrected chi connectivity index (χ2v) is 7.82. The molecule has 7 nitrogen and oxygen atoms in total. The molecule has 0 bridgehead atoms. The Labute approximate surface area is 150 Å². The van der Waals surface area contributed by atoms with Gasteiger partial charge in [-0.05, 0) is 18.8 Å². The first-order valence-corrected chi connectivity index (χ1v) is 8.60. The highest BCUT2D eigenvalue weighted by Crippen LogP contribution is 2.50. The molecule has 2 aliphatic rings. The third-order valence-corrected chi connectivity index (χ3v) is 5.21. The monoisotopic (exact) mass is 352 g/mol. The van der Waals surface area contributed by atoms with Gasteiger partial charge < -0.3 is 5.32 Å². The van der Waals surface area contributed by atoms with E-state index in [1.807, 2.05) is 6.92 Å². The van der Waals surface area contributed by atoms with Crippen molar-refractivity contribution in [3.63, 3.8) is 0 Å². The Morgan fingerprint density at radius 2 is 2.00 bits per heavy atom. The molecule has 0 saturated carbocycles. The summed E-state index contributed by atoms with van der Waals surface area (Å²) in [6, 6.07) is 6.65. The van der Waals surface area contributed by atoms with Gasteiger partial charge in [0, 0.05) is 40.6 Å². The number of anilines is 1. The predicted octanol–water partition coefficient (Wildman–Crippen LogP) is 3.83. The summed E-state index contributed by atoms with van der Waals surface area (Å²) in [6.45, 7) is 5.99. The van der Waals surface area contributed by atoms with Crippen LogP contribution in [0.5, 0.6) is 0 Å². The number of rotatable bonds is 2. The number of aromatic nitrogens is 2. The van der Waals surface area contributed by atoms with Crippen LogP contribution in [0.3, 0.4) is 0 Å². The van der Waals surface area contributed by atoms with Gasteiger partial charge in [0.25, 0.3) is 5.69 Å². The number of hydrogen-bond donors (Lipinski definition) is 2. The number of benzene rings is 1. The van der Waals surface area contributed by atoms with E-state index in [0.29, 0.717) is 29.8 Å². The average Bonchev–Trinajstić information content (AvgIpc) is 2.92. The molecule has 0 spiro atoms. The maximum absolute atomic E-state index is 13.1. The highest BCUT2D eigenvalue weighted by atomic mass is 16.6. The van der Waals surface area contributed by atoms with Gasteiger partial charge in [0.05, 0.1) is 10.8 Å². The standard InChI is InChI=1S/C19H20N4O3/c1-10-15-16(11-6-4-5-7-13(11)23(25)26)17-12(20-18(15)22-21-10)8-19(2,3)9-14(17)24/h4-7,16H,8-9H2,1-3H3,(H2,20,21,22). The van der Waals surface area contributed by atoms with Crippen molar-refractivity contribution in [3.8, 4) is 0 Å². The van der Waals surface area contributed by atoms with E-state index in [2.05, 4.69) is 29.4 Å². The van der Waals surface area contributed by atoms with Gasteiger partial charge in [-0.2, -0.15) is 5.10 Å². The van der Waals surface area contributed by atoms with E-state index < -0.39 is 5.92 Å². The van der Waals surface area contributed by atoms with Gasteiger partial charge in [0.2, 0.25) is 0 Å². The maximum atomic E-state index is 13.1. The second-order valence-electron chi connectivity index (χ2n) is 7.82. The van der Waals surface area contributed by atoms with Crippen LogP contribution in [0.4, 0.5) is 11.5 Å². The summed E-state index contributed by atoms with van der Waals surface area (Å²) in [5.41, 5.74) is 3.48. The SMILES string of the molecule is Cc1[nH]nc2c1C(c1ccccc1[N+](=O)[O-])C1=C(CC(C)(C)CC1=O)N2. The number of aryl methyl sites for hydroxylation is 1. The third kappa shape index (κ3) is 2.42. The van der Waals surface area contributed by atoms with E-state index in [-0.39, 0.29) is 21.8 Å². The minimum atomic E-state index is -0.481. The first-order valence-electron chi connectivity index (χ1n) is 8.60. The quantitative estimate of drug-likeness (QED) is 0.632. The van der Waals surface area contributed by atoms with Crippen molar-refractivity contribution in [1.29, 1.82) is 0 Å². The van der Waals surface area contributed by atoms with Crippen LogP contribution in [0.15, 0.2) is 35.5 Å². The Balaban J connectivity index is 1.99. The molecule has 0 fully saturated rings. The van der Waals surface area contributed by atoms with Crippen molar-refractivity contribution < 1.29 is 9.72 Å². The summed E-state index contributed by atoms with van der Waals surface area (Å²) < 4.78 is 0. The Morgan fingerprint density at radius 1 is 1.27 bits per heavy atom. The third-order valence-electron chi connectivity index (χ3n) is 5.21. The largest absolute Gasteiger partial charge is 0.342 e. The molecule has 1 atom stereocenters. The fraction of sp³-hybridized carbons (Fsp3) is 0.368. The summed E-state index contributed by atoms with van der Waals surface area (Å²) in [7, 11) is 0. The van der Waals surface area contributed by atoms with Crippen LogP contribution in [0, 0.1) is 22.5 Å². The molecule has 2 N–H and O–H groups in total. The molecule has 1 aliphatic carbocycles. The molecule has 1 unspecified atom stereocenters. The molecule has 0 saturated heterocycles. The minimum Gasteiger partial charge on any atom is -0.342 e. The number of ketones is 1. The molecule has 4 rings (SSSR count). The highest BCUT2D eigenvalue weighted by Gasteiger charge is 2.43. The number of Topliss-reactive ketones (excluding diaryl/α,β-unsaturated/α-hetero) is 1. The van der Waals surface area contributed by atoms with Gasteiger partial charge in [-0.25, -0.2) is 0 Å². The van der Waals surface area contributed by atoms with Gasteiger partial charge in [-0.3, -0.25) is 20.0 Å². The lowest BCUT2D eigenvalue weighted by atomic mass is 9.69. The summed E-state index contributed by atoms with van der Waals surface area (Å²) in [5.74, 6) is 0.207. The zero-order valence-electron chi connectivity index (χ0n) is 14.9. The van der Waals surface area contributed by atoms with Crippen LogP contribution in [0.1, 0.15) is 49.4 Å². The molecule has 26 heavy (non-hydrogen) atoms. The number of nitro benzene ring substituents is 1. The fourth-order valence-electron chi connectivity index (χ4n) is 4.16. The van der Waals surface area contributed by atoms with E-state index in [4.69, 9.17) is 0 Å². The van der Waals surface area contributed by atoms with E-state index in [9.17, 15) is 14.9 Å². The van der Waals surface area contributed by atoms with E-state index in [1.54, 1.807) is 18.2 Å². The van der Waals surface area contributed by atoms with Gasteiger partial charge in [-0.15, -0.1) is 0 Å². The number of H-pyrrole nitrogens is 1. The number of hydrogen-bond acceptors (Lipinski definition) is 5. The van der Waals surface area contributed by atoms with Crippen molar-refractivity contribution in [1.82, 2.24) is 10.2 Å². The maximum Gasteiger partial charge on any atom is 0.273 e. The Kier molecular flexibility index (Phi) is 3.50. The van der Waals surface area contributed by atoms with Crippen molar-refractivity contribution in [2.45, 2.75) is 39.5 Å². The van der Waals surface area contributed by atoms with Crippen molar-refractivity contribution in [2.24, 2.45) is 5.41 Å². The molecule has 1 aromatic heterocycles. The molecular formula is C19H20N4O3. The van der Waals surface area contributed by atoms with Gasteiger partial charge in [0.15, 0.2) is 11.6 Å². The lowest BCUT2D eigenvalue weighted by Crippen LogP contribution is -2.34. The van der Waals surface area contributed by atoms with Gasteiger partial charge >= 0.3 is 0 Å². The van der Waals surface area contributed by atoms with Crippen LogP contribution in [-0.4, -0.2) is 20.9 Å². The van der Waals surface area contributed by atoms with Gasteiger partial charge in [0.1, 0.15) is 0 Å². The topological polar surface area (TPSA) is 101 Å². The van der Waals surface area contributed by atoms with Crippen LogP contribution >= 0.6 is 0 Å². The van der Waals surface area contributed by atoms with Crippen molar-refractivity contribution in [3.05, 3.63) is 62.5 Å². The fourth-order valence-corrected chi connectivity index (χ4v) is 4.16. The molecule has 134 valence electrons. The number of carbonyl (C=O) groups is 1. The number of nitrogens with zero attached hydrogens (tertiary/aromatic N) is 2.